The predicted octanol–water partition coefficient (Wildman–Crippen LogP) is 1.40. The van der Waals surface area contributed by atoms with Crippen LogP contribution in [-0.2, 0) is 9.59 Å². The molecule has 2 heterocycles. The smallest absolute Gasteiger partial charge is 0.305 e. The van der Waals surface area contributed by atoms with Crippen molar-refractivity contribution in [3.05, 3.63) is 54.0 Å². The van der Waals surface area contributed by atoms with E-state index >= 15 is 0 Å². The van der Waals surface area contributed by atoms with Crippen LogP contribution in [0.3, 0.4) is 0 Å². The van der Waals surface area contributed by atoms with Gasteiger partial charge in [0.1, 0.15) is 0 Å². The average Bonchev–Trinajstić information content (AvgIpc) is 3.23. The second-order valence-corrected chi connectivity index (χ2v) is 5.66. The number of nitrogens with zero attached hydrogens (tertiary/aromatic N) is 1. The van der Waals surface area contributed by atoms with Crippen LogP contribution in [0.1, 0.15) is 22.5 Å². The van der Waals surface area contributed by atoms with Crippen molar-refractivity contribution in [2.45, 2.75) is 13.3 Å². The molecule has 0 saturated carbocycles. The van der Waals surface area contributed by atoms with Crippen LogP contribution in [0.4, 0.5) is 5.69 Å². The van der Waals surface area contributed by atoms with E-state index in [1.54, 1.807) is 11.0 Å². The lowest BCUT2D eigenvalue weighted by atomic mass is 10.1. The minimum absolute atomic E-state index is 0.0964. The maximum Gasteiger partial charge on any atom is 0.305 e. The molecule has 0 spiro atoms. The van der Waals surface area contributed by atoms with Crippen molar-refractivity contribution < 1.29 is 18.8 Å². The molecule has 3 rings (SSSR count). The molecule has 3 amide bonds. The minimum atomic E-state index is -0.548. The summed E-state index contributed by atoms with van der Waals surface area (Å²) in [6, 6.07) is 10.6. The second kappa shape index (κ2) is 6.57. The van der Waals surface area contributed by atoms with Crippen molar-refractivity contribution in [3.63, 3.8) is 0 Å². The first-order valence-corrected chi connectivity index (χ1v) is 7.55. The van der Waals surface area contributed by atoms with E-state index in [2.05, 4.69) is 10.9 Å². The van der Waals surface area contributed by atoms with E-state index in [0.717, 1.165) is 11.3 Å². The largest absolute Gasteiger partial charge is 0.459 e. The van der Waals surface area contributed by atoms with Gasteiger partial charge >= 0.3 is 5.91 Å². The van der Waals surface area contributed by atoms with Crippen molar-refractivity contribution in [1.82, 2.24) is 10.9 Å². The summed E-state index contributed by atoms with van der Waals surface area (Å²) in [6.45, 7) is 2.25. The lowest BCUT2D eigenvalue weighted by Crippen LogP contribution is -2.45. The summed E-state index contributed by atoms with van der Waals surface area (Å²) in [5, 5.41) is 0. The van der Waals surface area contributed by atoms with Gasteiger partial charge in [-0.15, -0.1) is 0 Å². The van der Waals surface area contributed by atoms with Crippen LogP contribution in [0, 0.1) is 12.8 Å². The number of aryl methyl sites for hydroxylation is 1. The van der Waals surface area contributed by atoms with Crippen LogP contribution in [-0.4, -0.2) is 24.3 Å². The lowest BCUT2D eigenvalue weighted by Gasteiger charge is -2.17. The Morgan fingerprint density at radius 2 is 1.92 bits per heavy atom. The molecule has 7 nitrogen and oxygen atoms in total. The molecule has 1 saturated heterocycles. The normalized spacial score (nSPS) is 17.0. The van der Waals surface area contributed by atoms with Gasteiger partial charge in [0.15, 0.2) is 5.76 Å². The Labute approximate surface area is 138 Å². The first-order chi connectivity index (χ1) is 11.5. The molecule has 1 aliphatic heterocycles. The summed E-state index contributed by atoms with van der Waals surface area (Å²) >= 11 is 0. The number of carbonyl (C=O) groups excluding carboxylic acids is 3. The predicted molar refractivity (Wildman–Crippen MR) is 86.0 cm³/mol. The van der Waals surface area contributed by atoms with Gasteiger partial charge in [-0.25, -0.2) is 0 Å². The quantitative estimate of drug-likeness (QED) is 0.834. The number of hydrazine groups is 1. The molecule has 1 fully saturated rings. The van der Waals surface area contributed by atoms with Crippen LogP contribution in [0.25, 0.3) is 0 Å². The first-order valence-electron chi connectivity index (χ1n) is 7.55. The highest BCUT2D eigenvalue weighted by Crippen LogP contribution is 2.25. The summed E-state index contributed by atoms with van der Waals surface area (Å²) in [5.41, 5.74) is 6.48. The number of rotatable bonds is 3. The van der Waals surface area contributed by atoms with E-state index < -0.39 is 17.7 Å². The number of furan rings is 1. The van der Waals surface area contributed by atoms with Crippen molar-refractivity contribution in [3.8, 4) is 0 Å². The molecule has 0 radical (unpaired) electrons. The molecular formula is C17H17N3O4. The van der Waals surface area contributed by atoms with Crippen LogP contribution in [0.2, 0.25) is 0 Å². The van der Waals surface area contributed by atoms with Gasteiger partial charge in [0.25, 0.3) is 0 Å². The Kier molecular flexibility index (Phi) is 4.33. The van der Waals surface area contributed by atoms with Gasteiger partial charge in [-0.2, -0.15) is 0 Å². The van der Waals surface area contributed by atoms with Gasteiger partial charge in [0, 0.05) is 18.7 Å². The summed E-state index contributed by atoms with van der Waals surface area (Å²) in [6.07, 6.45) is 1.47. The van der Waals surface area contributed by atoms with Crippen LogP contribution < -0.4 is 15.8 Å². The highest BCUT2D eigenvalue weighted by molar-refractivity contribution is 6.01. The number of carbonyl (C=O) groups is 3. The molecule has 0 aliphatic carbocycles. The molecule has 24 heavy (non-hydrogen) atoms. The maximum atomic E-state index is 12.2. The molecule has 2 aromatic rings. The van der Waals surface area contributed by atoms with E-state index in [9.17, 15) is 14.4 Å². The zero-order chi connectivity index (χ0) is 17.1. The van der Waals surface area contributed by atoms with Gasteiger partial charge in [-0.1, -0.05) is 17.7 Å². The van der Waals surface area contributed by atoms with Gasteiger partial charge in [-0.3, -0.25) is 25.2 Å². The fraction of sp³-hybridized carbons (Fsp3) is 0.235. The highest BCUT2D eigenvalue weighted by atomic mass is 16.3. The fourth-order valence-corrected chi connectivity index (χ4v) is 2.55. The van der Waals surface area contributed by atoms with E-state index in [1.165, 1.54) is 12.3 Å². The molecular weight excluding hydrogens is 310 g/mol. The maximum absolute atomic E-state index is 12.2. The van der Waals surface area contributed by atoms with E-state index in [4.69, 9.17) is 4.42 Å². The van der Waals surface area contributed by atoms with Crippen LogP contribution in [0.5, 0.6) is 0 Å². The number of benzene rings is 1. The SMILES string of the molecule is Cc1ccc(N2C[C@@H](C(=O)NNC(=O)c3ccco3)CC2=O)cc1. The highest BCUT2D eigenvalue weighted by Gasteiger charge is 2.35. The molecule has 1 aliphatic rings. The number of hydrogen-bond acceptors (Lipinski definition) is 4. The van der Waals surface area contributed by atoms with Gasteiger partial charge in [0.2, 0.25) is 11.8 Å². The fourth-order valence-electron chi connectivity index (χ4n) is 2.55. The lowest BCUT2D eigenvalue weighted by molar-refractivity contribution is -0.126. The van der Waals surface area contributed by atoms with E-state index in [1.807, 2.05) is 31.2 Å². The number of nitrogens with one attached hydrogen (secondary N) is 2. The summed E-state index contributed by atoms with van der Waals surface area (Å²) in [7, 11) is 0. The third-order valence-corrected chi connectivity index (χ3v) is 3.89. The Morgan fingerprint density at radius 1 is 1.17 bits per heavy atom. The number of hydrogen-bond donors (Lipinski definition) is 2. The summed E-state index contributed by atoms with van der Waals surface area (Å²) in [4.78, 5) is 37.6. The Hall–Kier alpha value is -3.09. The Bertz CT molecular complexity index is 753. The van der Waals surface area contributed by atoms with Crippen molar-refractivity contribution in [2.24, 2.45) is 5.92 Å². The average molecular weight is 327 g/mol. The van der Waals surface area contributed by atoms with Gasteiger partial charge < -0.3 is 9.32 Å². The van der Waals surface area contributed by atoms with Gasteiger partial charge in [-0.05, 0) is 31.2 Å². The van der Waals surface area contributed by atoms with Crippen LogP contribution in [0.15, 0.2) is 47.1 Å². The molecule has 7 heteroatoms. The van der Waals surface area contributed by atoms with Crippen molar-refractivity contribution in [1.29, 1.82) is 0 Å². The number of anilines is 1. The standard InChI is InChI=1S/C17H17N3O4/c1-11-4-6-13(7-5-11)20-10-12(9-15(20)21)16(22)18-19-17(23)14-3-2-8-24-14/h2-8,12H,9-10H2,1H3,(H,18,22)(H,19,23)/t12-/m0/s1. The zero-order valence-corrected chi connectivity index (χ0v) is 13.1. The van der Waals surface area contributed by atoms with Crippen molar-refractivity contribution >= 4 is 23.4 Å². The monoisotopic (exact) mass is 327 g/mol. The molecule has 0 unspecified atom stereocenters. The molecule has 1 atom stereocenters. The third-order valence-electron chi connectivity index (χ3n) is 3.89. The molecule has 0 bridgehead atoms. The Balaban J connectivity index is 1.58. The van der Waals surface area contributed by atoms with Gasteiger partial charge in [0.05, 0.1) is 12.2 Å². The third kappa shape index (κ3) is 3.29. The first kappa shape index (κ1) is 15.8. The minimum Gasteiger partial charge on any atom is -0.459 e. The molecule has 124 valence electrons. The second-order valence-electron chi connectivity index (χ2n) is 5.66. The number of amides is 3. The summed E-state index contributed by atoms with van der Waals surface area (Å²) in [5.74, 6) is -1.49. The van der Waals surface area contributed by atoms with Crippen molar-refractivity contribution in [2.75, 3.05) is 11.4 Å². The summed E-state index contributed by atoms with van der Waals surface area (Å²) < 4.78 is 4.93. The van der Waals surface area contributed by atoms with E-state index in [-0.39, 0.29) is 24.6 Å². The zero-order valence-electron chi connectivity index (χ0n) is 13.1. The molecule has 1 aromatic heterocycles. The topological polar surface area (TPSA) is 91.7 Å². The van der Waals surface area contributed by atoms with E-state index in [0.29, 0.717) is 0 Å². The Morgan fingerprint density at radius 3 is 2.58 bits per heavy atom. The van der Waals surface area contributed by atoms with Crippen LogP contribution >= 0.6 is 0 Å². The molecule has 2 N–H and O–H groups in total. The molecule has 1 aromatic carbocycles.